The summed E-state index contributed by atoms with van der Waals surface area (Å²) in [7, 11) is 0. The van der Waals surface area contributed by atoms with Gasteiger partial charge < -0.3 is 9.84 Å². The molecule has 1 aromatic rings. The number of carbonyl (C=O) groups excluding carboxylic acids is 1. The highest BCUT2D eigenvalue weighted by molar-refractivity contribution is 5.78. The fourth-order valence-electron chi connectivity index (χ4n) is 3.23. The number of aromatic hydroxyl groups is 1. The zero-order chi connectivity index (χ0) is 17.9. The minimum Gasteiger partial charge on any atom is -0.508 e. The maximum absolute atomic E-state index is 13.0. The van der Waals surface area contributed by atoms with Gasteiger partial charge in [-0.05, 0) is 41.4 Å². The van der Waals surface area contributed by atoms with Gasteiger partial charge in [-0.15, -0.1) is 0 Å². The van der Waals surface area contributed by atoms with Gasteiger partial charge in [-0.1, -0.05) is 60.6 Å². The Morgan fingerprint density at radius 1 is 1.04 bits per heavy atom. The van der Waals surface area contributed by atoms with E-state index in [0.29, 0.717) is 0 Å². The first-order chi connectivity index (χ1) is 10.4. The van der Waals surface area contributed by atoms with E-state index in [1.807, 2.05) is 0 Å². The van der Waals surface area contributed by atoms with Gasteiger partial charge in [0.15, 0.2) is 0 Å². The van der Waals surface area contributed by atoms with Crippen LogP contribution in [0.4, 0.5) is 0 Å². The second-order valence-corrected chi connectivity index (χ2v) is 8.67. The van der Waals surface area contributed by atoms with E-state index in [9.17, 15) is 9.90 Å². The smallest absolute Gasteiger partial charge is 0.312 e. The quantitative estimate of drug-likeness (QED) is 0.747. The van der Waals surface area contributed by atoms with E-state index in [0.717, 1.165) is 18.4 Å². The molecule has 0 aromatic heterocycles. The van der Waals surface area contributed by atoms with Crippen LogP contribution in [0.5, 0.6) is 5.75 Å². The van der Waals surface area contributed by atoms with Gasteiger partial charge in [-0.2, -0.15) is 0 Å². The number of carbonyl (C=O) groups is 1. The lowest BCUT2D eigenvalue weighted by Gasteiger charge is -2.45. The maximum Gasteiger partial charge on any atom is 0.312 e. The average molecular weight is 320 g/mol. The summed E-state index contributed by atoms with van der Waals surface area (Å²) in [4.78, 5) is 13.0. The van der Waals surface area contributed by atoms with Gasteiger partial charge in [0.2, 0.25) is 0 Å². The molecular weight excluding hydrogens is 288 g/mol. The van der Waals surface area contributed by atoms with Crippen molar-refractivity contribution in [3.05, 3.63) is 29.8 Å². The molecule has 1 N–H and O–H groups in total. The molecule has 0 aliphatic rings. The number of phenols is 1. The van der Waals surface area contributed by atoms with Gasteiger partial charge in [0.1, 0.15) is 12.4 Å². The van der Waals surface area contributed by atoms with Crippen LogP contribution in [0.2, 0.25) is 0 Å². The average Bonchev–Trinajstić information content (AvgIpc) is 2.41. The Kier molecular flexibility index (Phi) is 5.89. The molecule has 1 unspecified atom stereocenters. The van der Waals surface area contributed by atoms with Crippen molar-refractivity contribution in [2.75, 3.05) is 0 Å². The number of ether oxygens (including phenoxy) is 1. The topological polar surface area (TPSA) is 46.5 Å². The number of hydrogen-bond acceptors (Lipinski definition) is 3. The van der Waals surface area contributed by atoms with Crippen LogP contribution in [-0.2, 0) is 16.1 Å². The van der Waals surface area contributed by atoms with E-state index < -0.39 is 5.41 Å². The van der Waals surface area contributed by atoms with Crippen LogP contribution in [0.1, 0.15) is 66.9 Å². The van der Waals surface area contributed by atoms with Gasteiger partial charge in [0, 0.05) is 0 Å². The molecule has 0 saturated heterocycles. The first kappa shape index (κ1) is 19.5. The minimum absolute atomic E-state index is 0.0425. The number of esters is 1. The van der Waals surface area contributed by atoms with Gasteiger partial charge in [-0.3, -0.25) is 4.79 Å². The molecule has 0 aliphatic carbocycles. The van der Waals surface area contributed by atoms with E-state index in [-0.39, 0.29) is 29.2 Å². The van der Waals surface area contributed by atoms with Gasteiger partial charge in [0.05, 0.1) is 5.41 Å². The number of rotatable bonds is 5. The second-order valence-electron chi connectivity index (χ2n) is 8.67. The summed E-state index contributed by atoms with van der Waals surface area (Å²) < 4.78 is 5.68. The van der Waals surface area contributed by atoms with E-state index in [2.05, 4.69) is 48.5 Å². The van der Waals surface area contributed by atoms with Crippen LogP contribution in [0, 0.1) is 16.2 Å². The number of phenolic OH excluding ortho intramolecular Hbond substituents is 1. The molecule has 1 aromatic carbocycles. The SMILES string of the molecule is CCC(CC(C)(C)C)(C(=O)OCc1ccc(O)cc1)C(C)(C)C. The summed E-state index contributed by atoms with van der Waals surface area (Å²) >= 11 is 0. The minimum atomic E-state index is -0.512. The molecular formula is C20H32O3. The van der Waals surface area contributed by atoms with Crippen molar-refractivity contribution in [3.63, 3.8) is 0 Å². The first-order valence-electron chi connectivity index (χ1n) is 8.36. The highest BCUT2D eigenvalue weighted by Gasteiger charge is 2.50. The van der Waals surface area contributed by atoms with Crippen molar-refractivity contribution in [2.45, 2.75) is 67.9 Å². The zero-order valence-electron chi connectivity index (χ0n) is 15.7. The van der Waals surface area contributed by atoms with Crippen molar-refractivity contribution in [1.29, 1.82) is 0 Å². The second kappa shape index (κ2) is 6.94. The van der Waals surface area contributed by atoms with Crippen molar-refractivity contribution in [3.8, 4) is 5.75 Å². The van der Waals surface area contributed by atoms with E-state index in [1.165, 1.54) is 0 Å². The molecule has 0 saturated carbocycles. The molecule has 0 bridgehead atoms. The standard InChI is InChI=1S/C20H32O3/c1-8-20(19(5,6)7,14-18(2,3)4)17(22)23-13-15-9-11-16(21)12-10-15/h9-12,21H,8,13-14H2,1-7H3. The third kappa shape index (κ3) is 4.98. The van der Waals surface area contributed by atoms with Gasteiger partial charge >= 0.3 is 5.97 Å². The predicted octanol–water partition coefficient (Wildman–Crippen LogP) is 5.31. The monoisotopic (exact) mass is 320 g/mol. The molecule has 0 heterocycles. The number of benzene rings is 1. The maximum atomic E-state index is 13.0. The molecule has 3 heteroatoms. The lowest BCUT2D eigenvalue weighted by Crippen LogP contribution is -2.46. The van der Waals surface area contributed by atoms with E-state index in [1.54, 1.807) is 24.3 Å². The summed E-state index contributed by atoms with van der Waals surface area (Å²) in [5.74, 6) is 0.0842. The Bertz CT molecular complexity index is 517. The van der Waals surface area contributed by atoms with Gasteiger partial charge in [-0.25, -0.2) is 0 Å². The summed E-state index contributed by atoms with van der Waals surface area (Å²) in [6.45, 7) is 15.1. The largest absolute Gasteiger partial charge is 0.508 e. The lowest BCUT2D eigenvalue weighted by molar-refractivity contribution is -0.168. The van der Waals surface area contributed by atoms with Crippen LogP contribution in [-0.4, -0.2) is 11.1 Å². The van der Waals surface area contributed by atoms with Crippen LogP contribution in [0.3, 0.4) is 0 Å². The van der Waals surface area contributed by atoms with Crippen molar-refractivity contribution in [1.82, 2.24) is 0 Å². The summed E-state index contributed by atoms with van der Waals surface area (Å²) in [5, 5.41) is 9.33. The van der Waals surface area contributed by atoms with Crippen molar-refractivity contribution >= 4 is 5.97 Å². The lowest BCUT2D eigenvalue weighted by atomic mass is 9.59. The van der Waals surface area contributed by atoms with Crippen molar-refractivity contribution < 1.29 is 14.6 Å². The fourth-order valence-corrected chi connectivity index (χ4v) is 3.23. The molecule has 0 spiro atoms. The normalized spacial score (nSPS) is 15.1. The predicted molar refractivity (Wildman–Crippen MR) is 94.2 cm³/mol. The fraction of sp³-hybridized carbons (Fsp3) is 0.650. The van der Waals surface area contributed by atoms with Crippen molar-refractivity contribution in [2.24, 2.45) is 16.2 Å². The third-order valence-electron chi connectivity index (χ3n) is 4.57. The zero-order valence-corrected chi connectivity index (χ0v) is 15.7. The number of hydrogen-bond donors (Lipinski definition) is 1. The summed E-state index contributed by atoms with van der Waals surface area (Å²) in [6.07, 6.45) is 1.54. The molecule has 1 rings (SSSR count). The van der Waals surface area contributed by atoms with E-state index in [4.69, 9.17) is 4.74 Å². The van der Waals surface area contributed by atoms with Crippen LogP contribution >= 0.6 is 0 Å². The Morgan fingerprint density at radius 3 is 1.96 bits per heavy atom. The highest BCUT2D eigenvalue weighted by atomic mass is 16.5. The molecule has 1 atom stereocenters. The van der Waals surface area contributed by atoms with E-state index >= 15 is 0 Å². The van der Waals surface area contributed by atoms with Crippen LogP contribution in [0.15, 0.2) is 24.3 Å². The van der Waals surface area contributed by atoms with Gasteiger partial charge in [0.25, 0.3) is 0 Å². The Morgan fingerprint density at radius 2 is 1.57 bits per heavy atom. The molecule has 0 fully saturated rings. The first-order valence-corrected chi connectivity index (χ1v) is 8.36. The summed E-state index contributed by atoms with van der Waals surface area (Å²) in [5.41, 5.74) is 0.232. The summed E-state index contributed by atoms with van der Waals surface area (Å²) in [6, 6.07) is 6.76. The Labute approximate surface area is 141 Å². The molecule has 0 amide bonds. The third-order valence-corrected chi connectivity index (χ3v) is 4.57. The highest BCUT2D eigenvalue weighted by Crippen LogP contribution is 2.50. The molecule has 0 radical (unpaired) electrons. The molecule has 0 aliphatic heterocycles. The molecule has 23 heavy (non-hydrogen) atoms. The Balaban J connectivity index is 2.97. The molecule has 3 nitrogen and oxygen atoms in total. The molecule has 130 valence electrons. The Hall–Kier alpha value is -1.51. The van der Waals surface area contributed by atoms with Crippen LogP contribution in [0.25, 0.3) is 0 Å². The van der Waals surface area contributed by atoms with Crippen LogP contribution < -0.4 is 0 Å².